The van der Waals surface area contributed by atoms with Crippen LogP contribution < -0.4 is 5.32 Å². The number of amides is 1. The number of rotatable bonds is 4. The van der Waals surface area contributed by atoms with E-state index < -0.39 is 0 Å². The zero-order chi connectivity index (χ0) is 16.4. The van der Waals surface area contributed by atoms with E-state index in [9.17, 15) is 4.79 Å². The topological polar surface area (TPSA) is 42.0 Å². The SMILES string of the molecule is CCC(C)NC(=O)c1cc(-c2ccsc2)nc2ccc(C)cc12. The van der Waals surface area contributed by atoms with E-state index >= 15 is 0 Å². The lowest BCUT2D eigenvalue weighted by Crippen LogP contribution is -2.32. The lowest BCUT2D eigenvalue weighted by Gasteiger charge is -2.14. The Bertz CT molecular complexity index is 840. The van der Waals surface area contributed by atoms with Gasteiger partial charge in [0.15, 0.2) is 0 Å². The van der Waals surface area contributed by atoms with Gasteiger partial charge in [0.2, 0.25) is 0 Å². The van der Waals surface area contributed by atoms with E-state index in [-0.39, 0.29) is 11.9 Å². The molecule has 1 atom stereocenters. The minimum atomic E-state index is -0.0335. The zero-order valence-electron chi connectivity index (χ0n) is 13.6. The summed E-state index contributed by atoms with van der Waals surface area (Å²) in [7, 11) is 0. The fraction of sp³-hybridized carbons (Fsp3) is 0.263. The van der Waals surface area contributed by atoms with Crippen molar-refractivity contribution in [2.75, 3.05) is 0 Å². The minimum Gasteiger partial charge on any atom is -0.350 e. The van der Waals surface area contributed by atoms with Gasteiger partial charge in [-0.3, -0.25) is 4.79 Å². The third-order valence-electron chi connectivity index (χ3n) is 4.02. The average Bonchev–Trinajstić information content (AvgIpc) is 3.08. The summed E-state index contributed by atoms with van der Waals surface area (Å²) in [5.41, 5.74) is 4.57. The van der Waals surface area contributed by atoms with Crippen LogP contribution in [0.25, 0.3) is 22.2 Å². The lowest BCUT2D eigenvalue weighted by atomic mass is 10.0. The highest BCUT2D eigenvalue weighted by molar-refractivity contribution is 7.08. The molecule has 1 aromatic carbocycles. The molecular weight excluding hydrogens is 304 g/mol. The molecule has 0 fully saturated rings. The first-order chi connectivity index (χ1) is 11.1. The van der Waals surface area contributed by atoms with Crippen LogP contribution in [0.5, 0.6) is 0 Å². The van der Waals surface area contributed by atoms with Crippen LogP contribution in [-0.4, -0.2) is 16.9 Å². The number of nitrogens with zero attached hydrogens (tertiary/aromatic N) is 1. The van der Waals surface area contributed by atoms with E-state index in [0.29, 0.717) is 5.56 Å². The summed E-state index contributed by atoms with van der Waals surface area (Å²) >= 11 is 1.63. The van der Waals surface area contributed by atoms with Crippen LogP contribution in [-0.2, 0) is 0 Å². The molecule has 0 aliphatic carbocycles. The lowest BCUT2D eigenvalue weighted by molar-refractivity contribution is 0.0941. The Morgan fingerprint density at radius 1 is 1.30 bits per heavy atom. The van der Waals surface area contributed by atoms with Crippen molar-refractivity contribution in [2.24, 2.45) is 0 Å². The van der Waals surface area contributed by atoms with E-state index in [1.54, 1.807) is 11.3 Å². The summed E-state index contributed by atoms with van der Waals surface area (Å²) in [5, 5.41) is 8.05. The summed E-state index contributed by atoms with van der Waals surface area (Å²) in [6.07, 6.45) is 0.908. The summed E-state index contributed by atoms with van der Waals surface area (Å²) in [4.78, 5) is 17.5. The Labute approximate surface area is 140 Å². The van der Waals surface area contributed by atoms with Gasteiger partial charge in [0.25, 0.3) is 5.91 Å². The van der Waals surface area contributed by atoms with Crippen molar-refractivity contribution in [2.45, 2.75) is 33.2 Å². The van der Waals surface area contributed by atoms with Gasteiger partial charge >= 0.3 is 0 Å². The van der Waals surface area contributed by atoms with Gasteiger partial charge in [-0.2, -0.15) is 11.3 Å². The summed E-state index contributed by atoms with van der Waals surface area (Å²) < 4.78 is 0. The second kappa shape index (κ2) is 6.50. The molecule has 4 heteroatoms. The Morgan fingerprint density at radius 3 is 2.83 bits per heavy atom. The molecule has 3 nitrogen and oxygen atoms in total. The first kappa shape index (κ1) is 15.7. The monoisotopic (exact) mass is 324 g/mol. The summed E-state index contributed by atoms with van der Waals surface area (Å²) in [6.45, 7) is 6.12. The molecule has 0 aliphatic heterocycles. The minimum absolute atomic E-state index is 0.0335. The zero-order valence-corrected chi connectivity index (χ0v) is 14.4. The fourth-order valence-corrected chi connectivity index (χ4v) is 3.14. The normalized spacial score (nSPS) is 12.3. The van der Waals surface area contributed by atoms with Crippen molar-refractivity contribution in [1.82, 2.24) is 10.3 Å². The number of hydrogen-bond acceptors (Lipinski definition) is 3. The van der Waals surface area contributed by atoms with Gasteiger partial charge in [0, 0.05) is 22.4 Å². The number of aryl methyl sites for hydroxylation is 1. The van der Waals surface area contributed by atoms with Gasteiger partial charge < -0.3 is 5.32 Å². The van der Waals surface area contributed by atoms with E-state index in [0.717, 1.165) is 34.1 Å². The highest BCUT2D eigenvalue weighted by Crippen LogP contribution is 2.27. The third kappa shape index (κ3) is 3.27. The van der Waals surface area contributed by atoms with Gasteiger partial charge in [-0.05, 0) is 49.9 Å². The van der Waals surface area contributed by atoms with Crippen LogP contribution in [0.4, 0.5) is 0 Å². The molecule has 0 radical (unpaired) electrons. The van der Waals surface area contributed by atoms with E-state index in [4.69, 9.17) is 4.98 Å². The maximum Gasteiger partial charge on any atom is 0.252 e. The van der Waals surface area contributed by atoms with Crippen LogP contribution in [0.3, 0.4) is 0 Å². The number of aromatic nitrogens is 1. The first-order valence-corrected chi connectivity index (χ1v) is 8.77. The number of benzene rings is 1. The highest BCUT2D eigenvalue weighted by atomic mass is 32.1. The van der Waals surface area contributed by atoms with Gasteiger partial charge in [-0.15, -0.1) is 0 Å². The molecule has 0 saturated heterocycles. The number of pyridine rings is 1. The third-order valence-corrected chi connectivity index (χ3v) is 4.70. The maximum atomic E-state index is 12.7. The Kier molecular flexibility index (Phi) is 4.44. The molecule has 23 heavy (non-hydrogen) atoms. The summed E-state index contributed by atoms with van der Waals surface area (Å²) in [6, 6.07) is 10.1. The molecule has 0 bridgehead atoms. The number of thiophene rings is 1. The highest BCUT2D eigenvalue weighted by Gasteiger charge is 2.15. The number of hydrogen-bond donors (Lipinski definition) is 1. The molecule has 1 amide bonds. The van der Waals surface area contributed by atoms with Crippen LogP contribution in [0, 0.1) is 6.92 Å². The Morgan fingerprint density at radius 2 is 2.13 bits per heavy atom. The largest absolute Gasteiger partial charge is 0.350 e. The van der Waals surface area contributed by atoms with E-state index in [1.165, 1.54) is 0 Å². The molecule has 1 N–H and O–H groups in total. The van der Waals surface area contributed by atoms with Gasteiger partial charge in [0.05, 0.1) is 16.8 Å². The molecule has 0 aliphatic rings. The predicted octanol–water partition coefficient (Wildman–Crippen LogP) is 4.80. The molecule has 2 heterocycles. The molecule has 118 valence electrons. The molecule has 3 aromatic rings. The first-order valence-electron chi connectivity index (χ1n) is 7.83. The fourth-order valence-electron chi connectivity index (χ4n) is 2.49. The second-order valence-corrected chi connectivity index (χ2v) is 6.65. The summed E-state index contributed by atoms with van der Waals surface area (Å²) in [5.74, 6) is -0.0335. The van der Waals surface area contributed by atoms with Gasteiger partial charge in [0.1, 0.15) is 0 Å². The molecule has 2 aromatic heterocycles. The van der Waals surface area contributed by atoms with Crippen molar-refractivity contribution < 1.29 is 4.79 Å². The van der Waals surface area contributed by atoms with Crippen LogP contribution in [0.2, 0.25) is 0 Å². The average molecular weight is 324 g/mol. The second-order valence-electron chi connectivity index (χ2n) is 5.87. The number of carbonyl (C=O) groups excluding carboxylic acids is 1. The number of fused-ring (bicyclic) bond motifs is 1. The van der Waals surface area contributed by atoms with Crippen molar-refractivity contribution in [3.8, 4) is 11.3 Å². The molecular formula is C19H20N2OS. The van der Waals surface area contributed by atoms with Crippen molar-refractivity contribution in [1.29, 1.82) is 0 Å². The molecule has 0 saturated carbocycles. The smallest absolute Gasteiger partial charge is 0.252 e. The standard InChI is InChI=1S/C19H20N2OS/c1-4-13(3)20-19(22)16-10-18(14-7-8-23-11-14)21-17-6-5-12(2)9-15(16)17/h5-11,13H,4H2,1-3H3,(H,20,22). The molecule has 3 rings (SSSR count). The van der Waals surface area contributed by atoms with Crippen LogP contribution in [0.15, 0.2) is 41.1 Å². The Hall–Kier alpha value is -2.20. The van der Waals surface area contributed by atoms with Crippen LogP contribution in [0.1, 0.15) is 36.2 Å². The Balaban J connectivity index is 2.16. The quantitative estimate of drug-likeness (QED) is 0.749. The molecule has 0 spiro atoms. The van der Waals surface area contributed by atoms with Crippen molar-refractivity contribution in [3.05, 3.63) is 52.2 Å². The number of nitrogens with one attached hydrogen (secondary N) is 1. The van der Waals surface area contributed by atoms with E-state index in [1.807, 2.05) is 49.6 Å². The van der Waals surface area contributed by atoms with Gasteiger partial charge in [-0.25, -0.2) is 4.98 Å². The van der Waals surface area contributed by atoms with Gasteiger partial charge in [-0.1, -0.05) is 18.6 Å². The van der Waals surface area contributed by atoms with E-state index in [2.05, 4.69) is 17.6 Å². The van der Waals surface area contributed by atoms with Crippen LogP contribution >= 0.6 is 11.3 Å². The predicted molar refractivity (Wildman–Crippen MR) is 97.0 cm³/mol. The maximum absolute atomic E-state index is 12.7. The van der Waals surface area contributed by atoms with Crippen molar-refractivity contribution in [3.63, 3.8) is 0 Å². The molecule has 1 unspecified atom stereocenters. The van der Waals surface area contributed by atoms with Crippen molar-refractivity contribution >= 4 is 28.1 Å². The number of carbonyl (C=O) groups is 1.